The van der Waals surface area contributed by atoms with E-state index in [0.717, 1.165) is 6.07 Å². The van der Waals surface area contributed by atoms with Gasteiger partial charge in [0.15, 0.2) is 0 Å². The quantitative estimate of drug-likeness (QED) is 0.833. The van der Waals surface area contributed by atoms with Crippen molar-refractivity contribution >= 4 is 12.0 Å². The molecule has 1 aliphatic rings. The zero-order valence-corrected chi connectivity index (χ0v) is 14.2. The zero-order valence-electron chi connectivity index (χ0n) is 14.2. The molecule has 0 spiro atoms. The van der Waals surface area contributed by atoms with Crippen LogP contribution in [-0.4, -0.2) is 54.6 Å². The molecule has 0 N–H and O–H groups in total. The molecule has 1 fully saturated rings. The molecular weight excluding hydrogens is 337 g/mol. The smallest absolute Gasteiger partial charge is 0.417 e. The molecule has 0 atom stereocenters. The van der Waals surface area contributed by atoms with Crippen LogP contribution in [0.5, 0.6) is 0 Å². The molecule has 2 amide bonds. The Balaban J connectivity index is 2.00. The Hall–Kier alpha value is -2.25. The maximum atomic E-state index is 13.1. The van der Waals surface area contributed by atoms with E-state index < -0.39 is 23.7 Å². The lowest BCUT2D eigenvalue weighted by Gasteiger charge is -2.34. The van der Waals surface area contributed by atoms with Crippen molar-refractivity contribution in [3.05, 3.63) is 35.4 Å². The molecule has 2 rings (SSSR count). The monoisotopic (exact) mass is 358 g/mol. The van der Waals surface area contributed by atoms with Crippen molar-refractivity contribution in [1.82, 2.24) is 9.80 Å². The maximum Gasteiger partial charge on any atom is 0.417 e. The minimum atomic E-state index is -4.59. The minimum absolute atomic E-state index is 0.168. The van der Waals surface area contributed by atoms with Crippen LogP contribution in [0.15, 0.2) is 24.3 Å². The van der Waals surface area contributed by atoms with Gasteiger partial charge >= 0.3 is 12.3 Å². The van der Waals surface area contributed by atoms with Crippen molar-refractivity contribution in [2.75, 3.05) is 32.8 Å². The second-order valence-corrected chi connectivity index (χ2v) is 6.29. The first-order chi connectivity index (χ1) is 11.7. The summed E-state index contributed by atoms with van der Waals surface area (Å²) >= 11 is 0. The van der Waals surface area contributed by atoms with Crippen molar-refractivity contribution in [1.29, 1.82) is 0 Å². The normalized spacial score (nSPS) is 15.4. The minimum Gasteiger partial charge on any atom is -0.449 e. The number of carbonyl (C=O) groups is 2. The van der Waals surface area contributed by atoms with Crippen molar-refractivity contribution in [3.63, 3.8) is 0 Å². The van der Waals surface area contributed by atoms with Gasteiger partial charge in [-0.3, -0.25) is 4.79 Å². The Morgan fingerprint density at radius 2 is 1.64 bits per heavy atom. The summed E-state index contributed by atoms with van der Waals surface area (Å²) in [5, 5.41) is 0. The van der Waals surface area contributed by atoms with Crippen LogP contribution in [-0.2, 0) is 10.9 Å². The van der Waals surface area contributed by atoms with E-state index in [1.807, 2.05) is 13.8 Å². The molecule has 1 saturated heterocycles. The van der Waals surface area contributed by atoms with Gasteiger partial charge in [0.25, 0.3) is 5.91 Å². The van der Waals surface area contributed by atoms with E-state index in [9.17, 15) is 22.8 Å². The fourth-order valence-corrected chi connectivity index (χ4v) is 2.51. The average Bonchev–Trinajstić information content (AvgIpc) is 2.58. The molecular formula is C17H21F3N2O3. The van der Waals surface area contributed by atoms with Gasteiger partial charge in [0, 0.05) is 26.2 Å². The predicted molar refractivity (Wildman–Crippen MR) is 85.1 cm³/mol. The van der Waals surface area contributed by atoms with Crippen LogP contribution in [0.25, 0.3) is 0 Å². The lowest BCUT2D eigenvalue weighted by atomic mass is 10.1. The second kappa shape index (κ2) is 7.76. The van der Waals surface area contributed by atoms with E-state index in [1.54, 1.807) is 0 Å². The van der Waals surface area contributed by atoms with E-state index in [1.165, 1.54) is 28.0 Å². The number of carbonyl (C=O) groups excluding carboxylic acids is 2. The fraction of sp³-hybridized carbons (Fsp3) is 0.529. The number of halogens is 3. The third kappa shape index (κ3) is 4.87. The first-order valence-electron chi connectivity index (χ1n) is 8.07. The molecule has 0 unspecified atom stereocenters. The Kier molecular flexibility index (Phi) is 5.92. The van der Waals surface area contributed by atoms with Crippen molar-refractivity contribution in [3.8, 4) is 0 Å². The molecule has 1 aromatic carbocycles. The highest BCUT2D eigenvalue weighted by molar-refractivity contribution is 5.96. The van der Waals surface area contributed by atoms with E-state index in [0.29, 0.717) is 6.61 Å². The van der Waals surface area contributed by atoms with Gasteiger partial charge < -0.3 is 14.5 Å². The highest BCUT2D eigenvalue weighted by atomic mass is 19.4. The van der Waals surface area contributed by atoms with Crippen LogP contribution in [0, 0.1) is 5.92 Å². The van der Waals surface area contributed by atoms with Crippen molar-refractivity contribution in [2.24, 2.45) is 5.92 Å². The fourth-order valence-electron chi connectivity index (χ4n) is 2.51. The van der Waals surface area contributed by atoms with Gasteiger partial charge in [0.1, 0.15) is 0 Å². The molecule has 0 aromatic heterocycles. The number of piperazine rings is 1. The standard InChI is InChI=1S/C17H21F3N2O3/c1-12(2)11-25-16(24)22-9-7-21(8-10-22)15(23)13-5-3-4-6-14(13)17(18,19)20/h3-6,12H,7-11H2,1-2H3. The summed E-state index contributed by atoms with van der Waals surface area (Å²) in [6, 6.07) is 4.73. The number of amides is 2. The maximum absolute atomic E-state index is 13.1. The van der Waals surface area contributed by atoms with Gasteiger partial charge in [-0.15, -0.1) is 0 Å². The summed E-state index contributed by atoms with van der Waals surface area (Å²) in [6.45, 7) is 4.94. The van der Waals surface area contributed by atoms with Crippen molar-refractivity contribution in [2.45, 2.75) is 20.0 Å². The van der Waals surface area contributed by atoms with Crippen LogP contribution in [0.1, 0.15) is 29.8 Å². The largest absolute Gasteiger partial charge is 0.449 e. The van der Waals surface area contributed by atoms with E-state index in [4.69, 9.17) is 4.74 Å². The molecule has 5 nitrogen and oxygen atoms in total. The summed E-state index contributed by atoms with van der Waals surface area (Å²) in [4.78, 5) is 27.1. The average molecular weight is 358 g/mol. The molecule has 8 heteroatoms. The van der Waals surface area contributed by atoms with Gasteiger partial charge in [-0.2, -0.15) is 13.2 Å². The zero-order chi connectivity index (χ0) is 18.6. The number of hydrogen-bond acceptors (Lipinski definition) is 3. The van der Waals surface area contributed by atoms with Crippen LogP contribution < -0.4 is 0 Å². The molecule has 1 heterocycles. The molecule has 0 aliphatic carbocycles. The van der Waals surface area contributed by atoms with Crippen LogP contribution in [0.3, 0.4) is 0 Å². The molecule has 138 valence electrons. The Morgan fingerprint density at radius 1 is 1.08 bits per heavy atom. The Bertz CT molecular complexity index is 624. The van der Waals surface area contributed by atoms with E-state index >= 15 is 0 Å². The SMILES string of the molecule is CC(C)COC(=O)N1CCN(C(=O)c2ccccc2C(F)(F)F)CC1. The summed E-state index contributed by atoms with van der Waals surface area (Å²) < 4.78 is 44.3. The summed E-state index contributed by atoms with van der Waals surface area (Å²) in [5.74, 6) is -0.464. The second-order valence-electron chi connectivity index (χ2n) is 6.29. The van der Waals surface area contributed by atoms with Crippen LogP contribution >= 0.6 is 0 Å². The van der Waals surface area contributed by atoms with Crippen molar-refractivity contribution < 1.29 is 27.5 Å². The number of rotatable bonds is 3. The number of nitrogens with zero attached hydrogens (tertiary/aromatic N) is 2. The predicted octanol–water partition coefficient (Wildman–Crippen LogP) is 3.26. The molecule has 0 bridgehead atoms. The highest BCUT2D eigenvalue weighted by Crippen LogP contribution is 2.32. The third-order valence-corrected chi connectivity index (χ3v) is 3.83. The number of benzene rings is 1. The first-order valence-corrected chi connectivity index (χ1v) is 8.07. The lowest BCUT2D eigenvalue weighted by molar-refractivity contribution is -0.138. The molecule has 1 aliphatic heterocycles. The molecule has 25 heavy (non-hydrogen) atoms. The Labute approximate surface area is 144 Å². The van der Waals surface area contributed by atoms with Crippen LogP contribution in [0.4, 0.5) is 18.0 Å². The molecule has 1 aromatic rings. The van der Waals surface area contributed by atoms with E-state index in [-0.39, 0.29) is 37.7 Å². The van der Waals surface area contributed by atoms with Gasteiger partial charge in [-0.05, 0) is 18.1 Å². The highest BCUT2D eigenvalue weighted by Gasteiger charge is 2.36. The van der Waals surface area contributed by atoms with Gasteiger partial charge in [-0.1, -0.05) is 26.0 Å². The summed E-state index contributed by atoms with van der Waals surface area (Å²) in [6.07, 6.45) is -5.05. The molecule has 0 saturated carbocycles. The first kappa shape index (κ1) is 19.1. The van der Waals surface area contributed by atoms with E-state index in [2.05, 4.69) is 0 Å². The van der Waals surface area contributed by atoms with Gasteiger partial charge in [-0.25, -0.2) is 4.79 Å². The molecule has 0 radical (unpaired) electrons. The topological polar surface area (TPSA) is 49.9 Å². The van der Waals surface area contributed by atoms with Gasteiger partial charge in [0.2, 0.25) is 0 Å². The van der Waals surface area contributed by atoms with Crippen LogP contribution in [0.2, 0.25) is 0 Å². The summed E-state index contributed by atoms with van der Waals surface area (Å²) in [5.41, 5.74) is -1.32. The lowest BCUT2D eigenvalue weighted by Crippen LogP contribution is -2.51. The third-order valence-electron chi connectivity index (χ3n) is 3.83. The number of hydrogen-bond donors (Lipinski definition) is 0. The summed E-state index contributed by atoms with van der Waals surface area (Å²) in [7, 11) is 0. The number of ether oxygens (including phenoxy) is 1. The van der Waals surface area contributed by atoms with Gasteiger partial charge in [0.05, 0.1) is 17.7 Å². The Morgan fingerprint density at radius 3 is 2.20 bits per heavy atom. The number of alkyl halides is 3.